The van der Waals surface area contributed by atoms with Crippen LogP contribution in [0, 0.1) is 0 Å². The summed E-state index contributed by atoms with van der Waals surface area (Å²) in [5, 5.41) is 14.3. The number of hydrogen-bond donors (Lipinski definition) is 2. The molecule has 1 fully saturated rings. The van der Waals surface area contributed by atoms with Crippen LogP contribution in [0.5, 0.6) is 11.5 Å². The zero-order chi connectivity index (χ0) is 19.2. The van der Waals surface area contributed by atoms with Crippen LogP contribution in [0.25, 0.3) is 0 Å². The quantitative estimate of drug-likeness (QED) is 0.797. The van der Waals surface area contributed by atoms with Crippen molar-refractivity contribution in [2.45, 2.75) is 38.3 Å². The Balaban J connectivity index is 1.43. The number of amides is 2. The summed E-state index contributed by atoms with van der Waals surface area (Å²) >= 11 is 1.58. The first-order valence-electron chi connectivity index (χ1n) is 9.07. The maximum absolute atomic E-state index is 12.6. The van der Waals surface area contributed by atoms with E-state index < -0.39 is 6.10 Å². The van der Waals surface area contributed by atoms with Gasteiger partial charge < -0.3 is 20.1 Å². The molecule has 7 heteroatoms. The van der Waals surface area contributed by atoms with Crippen LogP contribution in [0.4, 0.5) is 0 Å². The van der Waals surface area contributed by atoms with Crippen LogP contribution < -0.4 is 10.1 Å². The Hall–Kier alpha value is -2.54. The molecule has 1 aliphatic rings. The van der Waals surface area contributed by atoms with Gasteiger partial charge in [0, 0.05) is 24.0 Å². The lowest BCUT2D eigenvalue weighted by Crippen LogP contribution is -2.49. The molecule has 0 aliphatic carbocycles. The normalized spacial score (nSPS) is 16.0. The molecule has 2 aromatic rings. The third kappa shape index (κ3) is 5.47. The van der Waals surface area contributed by atoms with E-state index in [1.165, 1.54) is 12.1 Å². The van der Waals surface area contributed by atoms with Crippen molar-refractivity contribution in [2.24, 2.45) is 0 Å². The predicted octanol–water partition coefficient (Wildman–Crippen LogP) is 2.57. The molecule has 1 aromatic carbocycles. The largest absolute Gasteiger partial charge is 0.508 e. The standard InChI is InChI=1S/C20H24N2O4S/c1-14(26-17-6-4-16(23)5-7-17)20(25)22-10-8-15(9-11-22)21-19(24)13-18-3-2-12-27-18/h2-7,12,14-15,23H,8-11,13H2,1H3,(H,21,24). The molecule has 0 radical (unpaired) electrons. The van der Waals surface area contributed by atoms with E-state index in [9.17, 15) is 14.7 Å². The Kier molecular flexibility index (Phi) is 6.34. The van der Waals surface area contributed by atoms with Crippen LogP contribution in [0.3, 0.4) is 0 Å². The van der Waals surface area contributed by atoms with Gasteiger partial charge >= 0.3 is 0 Å². The van der Waals surface area contributed by atoms with E-state index in [0.29, 0.717) is 25.3 Å². The van der Waals surface area contributed by atoms with Gasteiger partial charge in [-0.2, -0.15) is 0 Å². The first kappa shape index (κ1) is 19.2. The molecule has 0 spiro atoms. The molecule has 2 amide bonds. The molecule has 1 saturated heterocycles. The van der Waals surface area contributed by atoms with Crippen LogP contribution in [-0.4, -0.2) is 47.1 Å². The van der Waals surface area contributed by atoms with Gasteiger partial charge in [0.05, 0.1) is 6.42 Å². The second-order valence-corrected chi connectivity index (χ2v) is 7.71. The molecule has 2 N–H and O–H groups in total. The van der Waals surface area contributed by atoms with Gasteiger partial charge in [-0.25, -0.2) is 0 Å². The summed E-state index contributed by atoms with van der Waals surface area (Å²) in [6, 6.07) is 10.3. The topological polar surface area (TPSA) is 78.9 Å². The smallest absolute Gasteiger partial charge is 0.263 e. The molecule has 27 heavy (non-hydrogen) atoms. The van der Waals surface area contributed by atoms with Gasteiger partial charge in [0.1, 0.15) is 11.5 Å². The maximum Gasteiger partial charge on any atom is 0.263 e. The number of benzene rings is 1. The number of ether oxygens (including phenoxy) is 1. The van der Waals surface area contributed by atoms with Crippen LogP contribution in [0.2, 0.25) is 0 Å². The molecule has 3 rings (SSSR count). The number of rotatable bonds is 6. The predicted molar refractivity (Wildman–Crippen MR) is 104 cm³/mol. The van der Waals surface area contributed by atoms with Crippen molar-refractivity contribution in [3.05, 3.63) is 46.7 Å². The SMILES string of the molecule is CC(Oc1ccc(O)cc1)C(=O)N1CCC(NC(=O)Cc2cccs2)CC1. The monoisotopic (exact) mass is 388 g/mol. The molecule has 144 valence electrons. The summed E-state index contributed by atoms with van der Waals surface area (Å²) in [6.45, 7) is 2.93. The van der Waals surface area contributed by atoms with E-state index in [4.69, 9.17) is 4.74 Å². The number of phenols is 1. The number of nitrogens with one attached hydrogen (secondary N) is 1. The van der Waals surface area contributed by atoms with Crippen LogP contribution in [0.1, 0.15) is 24.6 Å². The summed E-state index contributed by atoms with van der Waals surface area (Å²) < 4.78 is 5.66. The summed E-state index contributed by atoms with van der Waals surface area (Å²) in [4.78, 5) is 27.5. The highest BCUT2D eigenvalue weighted by Gasteiger charge is 2.27. The maximum atomic E-state index is 12.6. The lowest BCUT2D eigenvalue weighted by molar-refractivity contribution is -0.139. The van der Waals surface area contributed by atoms with E-state index in [1.54, 1.807) is 35.3 Å². The lowest BCUT2D eigenvalue weighted by atomic mass is 10.0. The van der Waals surface area contributed by atoms with Crippen molar-refractivity contribution in [1.82, 2.24) is 10.2 Å². The zero-order valence-electron chi connectivity index (χ0n) is 15.3. The molecule has 0 bridgehead atoms. The molecular formula is C20H24N2O4S. The fourth-order valence-corrected chi connectivity index (χ4v) is 3.83. The number of nitrogens with zero attached hydrogens (tertiary/aromatic N) is 1. The van der Waals surface area contributed by atoms with Crippen LogP contribution >= 0.6 is 11.3 Å². The molecule has 1 aliphatic heterocycles. The molecule has 0 saturated carbocycles. The number of hydrogen-bond acceptors (Lipinski definition) is 5. The van der Waals surface area contributed by atoms with Gasteiger partial charge in [-0.05, 0) is 55.5 Å². The lowest BCUT2D eigenvalue weighted by Gasteiger charge is -2.33. The fourth-order valence-electron chi connectivity index (χ4n) is 3.13. The molecule has 1 unspecified atom stereocenters. The minimum absolute atomic E-state index is 0.0336. The van der Waals surface area contributed by atoms with Gasteiger partial charge in [0.25, 0.3) is 5.91 Å². The van der Waals surface area contributed by atoms with Crippen molar-refractivity contribution >= 4 is 23.2 Å². The van der Waals surface area contributed by atoms with E-state index in [1.807, 2.05) is 17.5 Å². The van der Waals surface area contributed by atoms with Gasteiger partial charge in [-0.1, -0.05) is 6.07 Å². The highest BCUT2D eigenvalue weighted by molar-refractivity contribution is 7.10. The Bertz CT molecular complexity index is 753. The number of carbonyl (C=O) groups excluding carboxylic acids is 2. The van der Waals surface area contributed by atoms with E-state index in [-0.39, 0.29) is 23.6 Å². The third-order valence-corrected chi connectivity index (χ3v) is 5.46. The fraction of sp³-hybridized carbons (Fsp3) is 0.400. The van der Waals surface area contributed by atoms with E-state index in [2.05, 4.69) is 5.32 Å². The van der Waals surface area contributed by atoms with Crippen LogP contribution in [-0.2, 0) is 16.0 Å². The molecule has 1 atom stereocenters. The Morgan fingerprint density at radius 2 is 1.96 bits per heavy atom. The Labute approximate surface area is 162 Å². The summed E-state index contributed by atoms with van der Waals surface area (Å²) in [5.41, 5.74) is 0. The van der Waals surface area contributed by atoms with Crippen molar-refractivity contribution in [1.29, 1.82) is 0 Å². The molecular weight excluding hydrogens is 364 g/mol. The average Bonchev–Trinajstić information content (AvgIpc) is 3.16. The number of aromatic hydroxyl groups is 1. The third-order valence-electron chi connectivity index (χ3n) is 4.58. The minimum Gasteiger partial charge on any atom is -0.508 e. The summed E-state index contributed by atoms with van der Waals surface area (Å²) in [5.74, 6) is 0.673. The van der Waals surface area contributed by atoms with Crippen molar-refractivity contribution in [2.75, 3.05) is 13.1 Å². The van der Waals surface area contributed by atoms with E-state index >= 15 is 0 Å². The number of carbonyl (C=O) groups is 2. The van der Waals surface area contributed by atoms with Gasteiger partial charge in [-0.3, -0.25) is 9.59 Å². The van der Waals surface area contributed by atoms with Crippen molar-refractivity contribution in [3.8, 4) is 11.5 Å². The molecule has 2 heterocycles. The van der Waals surface area contributed by atoms with E-state index in [0.717, 1.165) is 17.7 Å². The second kappa shape index (κ2) is 8.90. The first-order chi connectivity index (χ1) is 13.0. The number of piperidine rings is 1. The molecule has 6 nitrogen and oxygen atoms in total. The highest BCUT2D eigenvalue weighted by Crippen LogP contribution is 2.19. The van der Waals surface area contributed by atoms with Gasteiger partial charge in [0.15, 0.2) is 6.10 Å². The highest BCUT2D eigenvalue weighted by atomic mass is 32.1. The summed E-state index contributed by atoms with van der Waals surface area (Å²) in [6.07, 6.45) is 1.30. The average molecular weight is 388 g/mol. The van der Waals surface area contributed by atoms with Gasteiger partial charge in [0.2, 0.25) is 5.91 Å². The number of thiophene rings is 1. The van der Waals surface area contributed by atoms with Crippen molar-refractivity contribution in [3.63, 3.8) is 0 Å². The minimum atomic E-state index is -0.598. The second-order valence-electron chi connectivity index (χ2n) is 6.68. The Morgan fingerprint density at radius 1 is 1.26 bits per heavy atom. The number of likely N-dealkylation sites (tertiary alicyclic amines) is 1. The summed E-state index contributed by atoms with van der Waals surface area (Å²) in [7, 11) is 0. The molecule has 1 aromatic heterocycles. The first-order valence-corrected chi connectivity index (χ1v) is 9.95. The Morgan fingerprint density at radius 3 is 2.59 bits per heavy atom. The zero-order valence-corrected chi connectivity index (χ0v) is 16.1. The number of phenolic OH excluding ortho intramolecular Hbond substituents is 1. The van der Waals surface area contributed by atoms with Crippen molar-refractivity contribution < 1.29 is 19.4 Å². The van der Waals surface area contributed by atoms with Crippen LogP contribution in [0.15, 0.2) is 41.8 Å². The van der Waals surface area contributed by atoms with Gasteiger partial charge in [-0.15, -0.1) is 11.3 Å².